The number of nitrogens with two attached hydrogens (primary N) is 1. The highest BCUT2D eigenvalue weighted by molar-refractivity contribution is 7.95. The van der Waals surface area contributed by atoms with Crippen LogP contribution >= 0.6 is 35.2 Å². The summed E-state index contributed by atoms with van der Waals surface area (Å²) in [6.45, 7) is -1.61. The van der Waals surface area contributed by atoms with Crippen LogP contribution in [0.5, 0.6) is 0 Å². The first-order valence-electron chi connectivity index (χ1n) is 4.27. The molecule has 0 bridgehead atoms. The Balaban J connectivity index is 2.88. The molecule has 1 rings (SSSR count). The van der Waals surface area contributed by atoms with Crippen LogP contribution in [0.3, 0.4) is 0 Å². The van der Waals surface area contributed by atoms with E-state index in [4.69, 9.17) is 28.9 Å². The summed E-state index contributed by atoms with van der Waals surface area (Å²) in [6, 6.07) is 0. The van der Waals surface area contributed by atoms with Crippen molar-refractivity contribution in [2.45, 2.75) is 11.4 Å². The maximum Gasteiger partial charge on any atom is 0.467 e. The second-order valence-corrected chi connectivity index (χ2v) is 4.62. The minimum Gasteiger partial charge on any atom is -0.368 e. The first-order chi connectivity index (χ1) is 8.53. The van der Waals surface area contributed by atoms with Crippen LogP contribution in [0.1, 0.15) is 5.56 Å². The Kier molecular flexibility index (Phi) is 5.04. The summed E-state index contributed by atoms with van der Waals surface area (Å²) < 4.78 is 66.2. The highest BCUT2D eigenvalue weighted by Gasteiger charge is 2.40. The zero-order valence-electron chi connectivity index (χ0n) is 8.64. The van der Waals surface area contributed by atoms with Gasteiger partial charge in [0.25, 0.3) is 0 Å². The molecule has 0 aliphatic carbocycles. The normalized spacial score (nSPS) is 12.8. The lowest BCUT2D eigenvalue weighted by Gasteiger charge is -2.18. The first kappa shape index (κ1) is 16.5. The van der Waals surface area contributed by atoms with Crippen molar-refractivity contribution in [3.8, 4) is 0 Å². The van der Waals surface area contributed by atoms with Gasteiger partial charge in [-0.2, -0.15) is 22.0 Å². The second kappa shape index (κ2) is 5.81. The predicted octanol–water partition coefficient (Wildman–Crippen LogP) is 3.64. The fourth-order valence-corrected chi connectivity index (χ4v) is 1.98. The molecule has 2 N–H and O–H groups in total. The molecular weight excluding hydrogens is 340 g/mol. The van der Waals surface area contributed by atoms with E-state index in [-0.39, 0.29) is 0 Å². The van der Waals surface area contributed by atoms with Gasteiger partial charge < -0.3 is 9.92 Å². The number of aromatic nitrogens is 2. The quantitative estimate of drug-likeness (QED) is 0.513. The molecule has 108 valence electrons. The van der Waals surface area contributed by atoms with Crippen molar-refractivity contribution in [3.05, 3.63) is 15.9 Å². The van der Waals surface area contributed by atoms with E-state index < -0.39 is 51.9 Å². The van der Waals surface area contributed by atoms with Crippen molar-refractivity contribution in [3.63, 3.8) is 0 Å². The summed E-state index contributed by atoms with van der Waals surface area (Å²) >= 11 is 9.75. The van der Waals surface area contributed by atoms with E-state index in [1.54, 1.807) is 0 Å². The molecule has 0 spiro atoms. The molecule has 0 saturated carbocycles. The van der Waals surface area contributed by atoms with Crippen LogP contribution in [-0.2, 0) is 10.1 Å². The zero-order valence-corrected chi connectivity index (χ0v) is 11.0. The van der Waals surface area contributed by atoms with Crippen molar-refractivity contribution in [1.29, 1.82) is 0 Å². The molecule has 19 heavy (non-hydrogen) atoms. The maximum atomic E-state index is 13.6. The Labute approximate surface area is 117 Å². The van der Waals surface area contributed by atoms with Gasteiger partial charge in [-0.25, -0.2) is 9.97 Å². The van der Waals surface area contributed by atoms with Gasteiger partial charge in [-0.3, -0.25) is 0 Å². The molecule has 12 heteroatoms. The highest BCUT2D eigenvalue weighted by Crippen LogP contribution is 2.39. The average molecular weight is 344 g/mol. The smallest absolute Gasteiger partial charge is 0.368 e. The van der Waals surface area contributed by atoms with E-state index in [1.807, 2.05) is 0 Å². The molecule has 0 saturated heterocycles. The van der Waals surface area contributed by atoms with Gasteiger partial charge in [-0.1, -0.05) is 23.2 Å². The van der Waals surface area contributed by atoms with Gasteiger partial charge in [0.05, 0.1) is 5.56 Å². The summed E-state index contributed by atoms with van der Waals surface area (Å²) in [4.78, 5) is 6.48. The minimum absolute atomic E-state index is 0.444. The van der Waals surface area contributed by atoms with Crippen LogP contribution in [0.4, 0.5) is 27.9 Å². The molecule has 0 atom stereocenters. The molecule has 0 fully saturated rings. The summed E-state index contributed by atoms with van der Waals surface area (Å²) in [5, 5.41) is -1.52. The summed E-state index contributed by atoms with van der Waals surface area (Å²) in [5.41, 5.74) is -0.744. The monoisotopic (exact) mass is 343 g/mol. The van der Waals surface area contributed by atoms with Crippen molar-refractivity contribution >= 4 is 41.2 Å². The van der Waals surface area contributed by atoms with E-state index in [9.17, 15) is 22.0 Å². The summed E-state index contributed by atoms with van der Waals surface area (Å²) in [7, 11) is 0. The number of alkyl halides is 5. The summed E-state index contributed by atoms with van der Waals surface area (Å²) in [5.74, 6) is -4.35. The van der Waals surface area contributed by atoms with Crippen LogP contribution in [-0.4, -0.2) is 22.1 Å². The van der Waals surface area contributed by atoms with Crippen molar-refractivity contribution < 1.29 is 26.1 Å². The van der Waals surface area contributed by atoms with Crippen LogP contribution in [0.2, 0.25) is 10.3 Å². The van der Waals surface area contributed by atoms with Gasteiger partial charge in [-0.05, 0) is 0 Å². The third-order valence-corrected chi connectivity index (χ3v) is 2.57. The van der Waals surface area contributed by atoms with E-state index in [1.165, 1.54) is 0 Å². The Morgan fingerprint density at radius 1 is 1.11 bits per heavy atom. The first-order valence-corrected chi connectivity index (χ1v) is 5.77. The van der Waals surface area contributed by atoms with Crippen molar-refractivity contribution in [1.82, 2.24) is 9.97 Å². The zero-order chi connectivity index (χ0) is 14.8. The molecule has 0 aliphatic heterocycles. The molecule has 1 aromatic heterocycles. The molecule has 0 aromatic carbocycles. The third-order valence-electron chi connectivity index (χ3n) is 1.60. The average Bonchev–Trinajstić information content (AvgIpc) is 2.11. The highest BCUT2D eigenvalue weighted by atomic mass is 35.5. The topological polar surface area (TPSA) is 61.0 Å². The number of nitrogen functional groups attached to an aromatic ring is 1. The molecule has 0 aliphatic rings. The fourth-order valence-electron chi connectivity index (χ4n) is 0.967. The number of nitrogens with zero attached hydrogens (tertiary/aromatic N) is 2. The van der Waals surface area contributed by atoms with Crippen molar-refractivity contribution in [2.24, 2.45) is 0 Å². The molecular formula is C7H4Cl2F5N3OS. The second-order valence-electron chi connectivity index (χ2n) is 3.03. The lowest BCUT2D eigenvalue weighted by molar-refractivity contribution is -0.0608. The minimum atomic E-state index is -4.80. The van der Waals surface area contributed by atoms with Gasteiger partial charge in [0.2, 0.25) is 5.95 Å². The maximum absolute atomic E-state index is 13.6. The van der Waals surface area contributed by atoms with Gasteiger partial charge >= 0.3 is 11.4 Å². The number of rotatable bonds is 4. The van der Waals surface area contributed by atoms with Crippen LogP contribution < -0.4 is 5.73 Å². The fraction of sp³-hybridized carbons (Fsp3) is 0.429. The van der Waals surface area contributed by atoms with E-state index in [2.05, 4.69) is 14.2 Å². The Bertz CT molecular complexity index is 450. The third kappa shape index (κ3) is 4.79. The standard InChI is InChI=1S/C7H4Cl2F5N3OS/c8-3-2(4(9)17-5(15)16-3)6(10,11)1-18-19-7(12,13)14/h1H2,(H2,15,16,17). The van der Waals surface area contributed by atoms with Gasteiger partial charge in [0, 0.05) is 0 Å². The van der Waals surface area contributed by atoms with Crippen LogP contribution in [0.15, 0.2) is 0 Å². The van der Waals surface area contributed by atoms with Gasteiger partial charge in [0.1, 0.15) is 29.0 Å². The number of halogens is 7. The van der Waals surface area contributed by atoms with Crippen LogP contribution in [0, 0.1) is 0 Å². The molecule has 1 aromatic rings. The van der Waals surface area contributed by atoms with Crippen molar-refractivity contribution in [2.75, 3.05) is 12.3 Å². The Morgan fingerprint density at radius 2 is 1.58 bits per heavy atom. The number of hydrogen-bond acceptors (Lipinski definition) is 5. The van der Waals surface area contributed by atoms with E-state index >= 15 is 0 Å². The van der Waals surface area contributed by atoms with Gasteiger partial charge in [-0.15, -0.1) is 0 Å². The predicted molar refractivity (Wildman–Crippen MR) is 60.0 cm³/mol. The molecule has 1 heterocycles. The SMILES string of the molecule is Nc1nc(Cl)c(C(F)(F)COSC(F)(F)F)c(Cl)n1. The van der Waals surface area contributed by atoms with Gasteiger partial charge in [0.15, 0.2) is 0 Å². The Hall–Kier alpha value is -0.580. The molecule has 0 amide bonds. The largest absolute Gasteiger partial charge is 0.467 e. The molecule has 0 unspecified atom stereocenters. The van der Waals surface area contributed by atoms with E-state index in [0.717, 1.165) is 0 Å². The van der Waals surface area contributed by atoms with E-state index in [0.29, 0.717) is 0 Å². The Morgan fingerprint density at radius 3 is 2.00 bits per heavy atom. The number of hydrogen-bond donors (Lipinski definition) is 1. The molecule has 4 nitrogen and oxygen atoms in total. The number of anilines is 1. The summed E-state index contributed by atoms with van der Waals surface area (Å²) in [6.07, 6.45) is 0. The van der Waals surface area contributed by atoms with Crippen LogP contribution in [0.25, 0.3) is 0 Å². The molecule has 0 radical (unpaired) electrons. The lowest BCUT2D eigenvalue weighted by Crippen LogP contribution is -2.23. The lowest BCUT2D eigenvalue weighted by atomic mass is 10.2.